The van der Waals surface area contributed by atoms with Crippen molar-refractivity contribution < 1.29 is 14.3 Å². The van der Waals surface area contributed by atoms with E-state index >= 15 is 0 Å². The molecule has 3 aromatic rings. The molecule has 2 amide bonds. The summed E-state index contributed by atoms with van der Waals surface area (Å²) in [4.78, 5) is 27.1. The van der Waals surface area contributed by atoms with Crippen LogP contribution in [0.3, 0.4) is 0 Å². The van der Waals surface area contributed by atoms with Crippen LogP contribution in [0.15, 0.2) is 48.5 Å². The van der Waals surface area contributed by atoms with Crippen molar-refractivity contribution in [3.05, 3.63) is 69.7 Å². The molecule has 31 heavy (non-hydrogen) atoms. The van der Waals surface area contributed by atoms with E-state index in [0.717, 1.165) is 29.1 Å². The summed E-state index contributed by atoms with van der Waals surface area (Å²) in [5.41, 5.74) is 2.49. The highest BCUT2D eigenvalue weighted by Crippen LogP contribution is 2.31. The molecular weight excluding hydrogens is 412 g/mol. The molecular formula is C23H24N4O3S. The Labute approximate surface area is 185 Å². The number of ether oxygens (including phenoxy) is 1. The second kappa shape index (κ2) is 9.26. The Morgan fingerprint density at radius 3 is 2.55 bits per heavy atom. The molecule has 0 radical (unpaired) electrons. The van der Waals surface area contributed by atoms with E-state index in [1.165, 1.54) is 11.3 Å². The summed E-state index contributed by atoms with van der Waals surface area (Å²) in [5, 5.41) is 12.4. The van der Waals surface area contributed by atoms with E-state index in [1.807, 2.05) is 48.2 Å². The van der Waals surface area contributed by atoms with Crippen LogP contribution < -0.4 is 10.1 Å². The first-order valence-corrected chi connectivity index (χ1v) is 11.0. The second-order valence-corrected chi connectivity index (χ2v) is 8.57. The van der Waals surface area contributed by atoms with E-state index in [0.29, 0.717) is 29.4 Å². The Kier molecular flexibility index (Phi) is 6.27. The molecule has 0 atom stereocenters. The number of piperidine rings is 1. The highest BCUT2D eigenvalue weighted by molar-refractivity contribution is 7.13. The maximum atomic E-state index is 12.8. The van der Waals surface area contributed by atoms with E-state index in [2.05, 4.69) is 15.5 Å². The van der Waals surface area contributed by atoms with Gasteiger partial charge in [-0.3, -0.25) is 9.59 Å². The lowest BCUT2D eigenvalue weighted by molar-refractivity contribution is 0.0712. The largest absolute Gasteiger partial charge is 0.497 e. The van der Waals surface area contributed by atoms with Gasteiger partial charge in [0.25, 0.3) is 11.8 Å². The third-order valence-corrected chi connectivity index (χ3v) is 6.48. The highest BCUT2D eigenvalue weighted by Gasteiger charge is 2.27. The zero-order valence-electron chi connectivity index (χ0n) is 17.5. The van der Waals surface area contributed by atoms with Gasteiger partial charge in [0.15, 0.2) is 0 Å². The summed E-state index contributed by atoms with van der Waals surface area (Å²) in [6.45, 7) is 3.29. The molecule has 1 aliphatic rings. The summed E-state index contributed by atoms with van der Waals surface area (Å²) in [6, 6.07) is 14.8. The Bertz CT molecular complexity index is 1070. The second-order valence-electron chi connectivity index (χ2n) is 7.56. The number of aryl methyl sites for hydroxylation is 1. The maximum absolute atomic E-state index is 12.8. The number of amides is 2. The number of nitrogens with one attached hydrogen (secondary N) is 1. The number of benzene rings is 2. The van der Waals surface area contributed by atoms with E-state index in [4.69, 9.17) is 4.74 Å². The summed E-state index contributed by atoms with van der Waals surface area (Å²) in [7, 11) is 1.59. The molecule has 0 spiro atoms. The van der Waals surface area contributed by atoms with Gasteiger partial charge in [-0.2, -0.15) is 0 Å². The van der Waals surface area contributed by atoms with Gasteiger partial charge in [-0.05, 0) is 50.1 Å². The topological polar surface area (TPSA) is 84.4 Å². The first-order chi connectivity index (χ1) is 15.0. The highest BCUT2D eigenvalue weighted by atomic mass is 32.1. The average Bonchev–Trinajstić information content (AvgIpc) is 3.31. The molecule has 7 nitrogen and oxygen atoms in total. The molecule has 0 unspecified atom stereocenters. The van der Waals surface area contributed by atoms with Crippen molar-refractivity contribution in [3.8, 4) is 5.75 Å². The van der Waals surface area contributed by atoms with Gasteiger partial charge in [0, 0.05) is 30.3 Å². The summed E-state index contributed by atoms with van der Waals surface area (Å²) in [6.07, 6.45) is 1.59. The Morgan fingerprint density at radius 1 is 1.10 bits per heavy atom. The van der Waals surface area contributed by atoms with E-state index in [9.17, 15) is 9.59 Å². The molecule has 1 N–H and O–H groups in total. The summed E-state index contributed by atoms with van der Waals surface area (Å²) < 4.78 is 5.21. The Balaban J connectivity index is 1.35. The van der Waals surface area contributed by atoms with E-state index in [-0.39, 0.29) is 17.7 Å². The van der Waals surface area contributed by atoms with Crippen molar-refractivity contribution >= 4 is 28.8 Å². The maximum Gasteiger partial charge on any atom is 0.286 e. The lowest BCUT2D eigenvalue weighted by atomic mass is 9.97. The number of carbonyl (C=O) groups excluding carboxylic acids is 2. The molecule has 1 fully saturated rings. The van der Waals surface area contributed by atoms with Gasteiger partial charge < -0.3 is 15.0 Å². The quantitative estimate of drug-likeness (QED) is 0.650. The van der Waals surface area contributed by atoms with Gasteiger partial charge >= 0.3 is 0 Å². The van der Waals surface area contributed by atoms with Crippen molar-refractivity contribution in [3.63, 3.8) is 0 Å². The van der Waals surface area contributed by atoms with Crippen LogP contribution in [0.2, 0.25) is 0 Å². The zero-order chi connectivity index (χ0) is 21.8. The molecule has 4 rings (SSSR count). The molecule has 8 heteroatoms. The number of methoxy groups -OCH3 is 1. The fourth-order valence-electron chi connectivity index (χ4n) is 3.58. The SMILES string of the molecule is COc1cccc(C(=O)N2CCC(c3nnc(C(=O)Nc4ccc(C)cc4)s3)CC2)c1. The van der Waals surface area contributed by atoms with Crippen molar-refractivity contribution in [1.82, 2.24) is 15.1 Å². The van der Waals surface area contributed by atoms with Gasteiger partial charge in [-0.15, -0.1) is 10.2 Å². The number of hydrogen-bond donors (Lipinski definition) is 1. The molecule has 0 aliphatic carbocycles. The molecule has 0 bridgehead atoms. The smallest absolute Gasteiger partial charge is 0.286 e. The van der Waals surface area contributed by atoms with Gasteiger partial charge in [-0.25, -0.2) is 0 Å². The molecule has 0 saturated carbocycles. The van der Waals surface area contributed by atoms with Crippen LogP contribution in [0.25, 0.3) is 0 Å². The number of carbonyl (C=O) groups is 2. The minimum atomic E-state index is -0.252. The van der Waals surface area contributed by atoms with Crippen LogP contribution in [-0.4, -0.2) is 47.1 Å². The van der Waals surface area contributed by atoms with Gasteiger partial charge in [-0.1, -0.05) is 35.1 Å². The van der Waals surface area contributed by atoms with Crippen molar-refractivity contribution in [1.29, 1.82) is 0 Å². The van der Waals surface area contributed by atoms with Crippen LogP contribution in [-0.2, 0) is 0 Å². The van der Waals surface area contributed by atoms with Crippen molar-refractivity contribution in [2.75, 3.05) is 25.5 Å². The lowest BCUT2D eigenvalue weighted by Gasteiger charge is -2.31. The van der Waals surface area contributed by atoms with E-state index in [1.54, 1.807) is 19.2 Å². The van der Waals surface area contributed by atoms with Gasteiger partial charge in [0.05, 0.1) is 7.11 Å². The number of nitrogens with zero attached hydrogens (tertiary/aromatic N) is 3. The van der Waals surface area contributed by atoms with Crippen LogP contribution in [0.1, 0.15) is 49.5 Å². The number of aromatic nitrogens is 2. The number of likely N-dealkylation sites (tertiary alicyclic amines) is 1. The van der Waals surface area contributed by atoms with Crippen LogP contribution in [0.4, 0.5) is 5.69 Å². The minimum absolute atomic E-state index is 0.00720. The van der Waals surface area contributed by atoms with Crippen molar-refractivity contribution in [2.45, 2.75) is 25.7 Å². The number of rotatable bonds is 5. The molecule has 160 valence electrons. The fourth-order valence-corrected chi connectivity index (χ4v) is 4.49. The fraction of sp³-hybridized carbons (Fsp3) is 0.304. The Morgan fingerprint density at radius 2 is 1.84 bits per heavy atom. The predicted molar refractivity (Wildman–Crippen MR) is 120 cm³/mol. The first-order valence-electron chi connectivity index (χ1n) is 10.2. The zero-order valence-corrected chi connectivity index (χ0v) is 18.3. The van der Waals surface area contributed by atoms with Crippen LogP contribution in [0.5, 0.6) is 5.75 Å². The summed E-state index contributed by atoms with van der Waals surface area (Å²) in [5.74, 6) is 0.629. The lowest BCUT2D eigenvalue weighted by Crippen LogP contribution is -2.37. The molecule has 1 saturated heterocycles. The molecule has 2 heterocycles. The number of anilines is 1. The minimum Gasteiger partial charge on any atom is -0.497 e. The molecule has 1 aliphatic heterocycles. The van der Waals surface area contributed by atoms with Crippen molar-refractivity contribution in [2.24, 2.45) is 0 Å². The third kappa shape index (κ3) is 4.91. The Hall–Kier alpha value is -3.26. The first kappa shape index (κ1) is 21.0. The normalized spacial score (nSPS) is 14.3. The van der Waals surface area contributed by atoms with Gasteiger partial charge in [0.2, 0.25) is 5.01 Å². The van der Waals surface area contributed by atoms with Crippen LogP contribution in [0, 0.1) is 6.92 Å². The summed E-state index contributed by atoms with van der Waals surface area (Å²) >= 11 is 1.33. The van der Waals surface area contributed by atoms with Crippen LogP contribution >= 0.6 is 11.3 Å². The molecule has 1 aromatic heterocycles. The standard InChI is InChI=1S/C23H24N4O3S/c1-15-6-8-18(9-7-15)24-20(28)22-26-25-21(31-22)16-10-12-27(13-11-16)23(29)17-4-3-5-19(14-17)30-2/h3-9,14,16H,10-13H2,1-2H3,(H,24,28). The third-order valence-electron chi connectivity index (χ3n) is 5.39. The number of hydrogen-bond acceptors (Lipinski definition) is 6. The average molecular weight is 437 g/mol. The van der Waals surface area contributed by atoms with E-state index < -0.39 is 0 Å². The monoisotopic (exact) mass is 436 g/mol. The van der Waals surface area contributed by atoms with Gasteiger partial charge in [0.1, 0.15) is 10.8 Å². The molecule has 2 aromatic carbocycles. The predicted octanol–water partition coefficient (Wildman–Crippen LogP) is 4.13.